The maximum atomic E-state index is 12.7. The molecule has 1 aliphatic heterocycles. The molecule has 0 saturated heterocycles. The van der Waals surface area contributed by atoms with Crippen LogP contribution in [0.4, 0.5) is 5.69 Å². The zero-order valence-corrected chi connectivity index (χ0v) is 15.4. The first kappa shape index (κ1) is 17.1. The van der Waals surface area contributed by atoms with Gasteiger partial charge in [0.05, 0.1) is 4.90 Å². The molecule has 1 amide bonds. The van der Waals surface area contributed by atoms with Crippen LogP contribution in [-0.4, -0.2) is 14.3 Å². The van der Waals surface area contributed by atoms with Gasteiger partial charge in [-0.05, 0) is 48.7 Å². The summed E-state index contributed by atoms with van der Waals surface area (Å²) in [6.07, 6.45) is 0.918. The highest BCUT2D eigenvalue weighted by Gasteiger charge is 2.22. The molecule has 0 saturated carbocycles. The summed E-state index contributed by atoms with van der Waals surface area (Å²) in [5, 5.41) is 2.75. The number of anilines is 1. The van der Waals surface area contributed by atoms with E-state index in [0.717, 1.165) is 15.6 Å². The first-order valence-electron chi connectivity index (χ1n) is 7.56. The number of fused-ring (bicyclic) bond motifs is 1. The summed E-state index contributed by atoms with van der Waals surface area (Å²) in [6.45, 7) is 1.80. The lowest BCUT2D eigenvalue weighted by Gasteiger charge is -2.19. The van der Waals surface area contributed by atoms with Crippen LogP contribution < -0.4 is 10.0 Å². The van der Waals surface area contributed by atoms with E-state index in [9.17, 15) is 13.2 Å². The monoisotopic (exact) mass is 408 g/mol. The Hall–Kier alpha value is -1.70. The van der Waals surface area contributed by atoms with E-state index < -0.39 is 10.0 Å². The fourth-order valence-electron chi connectivity index (χ4n) is 2.72. The molecular formula is C17H17BrN2O3S. The second-order valence-corrected chi connectivity index (χ2v) is 8.30. The summed E-state index contributed by atoms with van der Waals surface area (Å²) in [5.74, 6) is -0.0428. The normalized spacial score (nSPS) is 15.5. The first-order valence-corrected chi connectivity index (χ1v) is 9.84. The predicted molar refractivity (Wildman–Crippen MR) is 96.3 cm³/mol. The van der Waals surface area contributed by atoms with Gasteiger partial charge in [0.25, 0.3) is 0 Å². The van der Waals surface area contributed by atoms with E-state index in [4.69, 9.17) is 0 Å². The van der Waals surface area contributed by atoms with Gasteiger partial charge in [-0.1, -0.05) is 34.1 Å². The number of carbonyl (C=O) groups excluding carboxylic acids is 1. The van der Waals surface area contributed by atoms with E-state index >= 15 is 0 Å². The highest BCUT2D eigenvalue weighted by Crippen LogP contribution is 2.27. The number of halogens is 1. The zero-order valence-electron chi connectivity index (χ0n) is 13.0. The topological polar surface area (TPSA) is 75.3 Å². The molecule has 0 unspecified atom stereocenters. The lowest BCUT2D eigenvalue weighted by Crippen LogP contribution is -2.27. The summed E-state index contributed by atoms with van der Waals surface area (Å²) in [7, 11) is -3.65. The highest BCUT2D eigenvalue weighted by molar-refractivity contribution is 9.10. The molecule has 0 bridgehead atoms. The molecule has 1 atom stereocenters. The number of hydrogen-bond acceptors (Lipinski definition) is 3. The van der Waals surface area contributed by atoms with Crippen LogP contribution in [-0.2, 0) is 21.2 Å². The van der Waals surface area contributed by atoms with Crippen molar-refractivity contribution in [3.8, 4) is 0 Å². The summed E-state index contributed by atoms with van der Waals surface area (Å²) in [6, 6.07) is 11.9. The molecule has 2 N–H and O–H groups in total. The van der Waals surface area contributed by atoms with Crippen molar-refractivity contribution in [3.05, 3.63) is 58.1 Å². The molecule has 7 heteroatoms. The van der Waals surface area contributed by atoms with Crippen LogP contribution in [0, 0.1) is 0 Å². The number of amides is 1. The molecule has 2 aromatic rings. The Balaban J connectivity index is 1.86. The third-order valence-electron chi connectivity index (χ3n) is 3.99. The summed E-state index contributed by atoms with van der Waals surface area (Å²) >= 11 is 3.44. The standard InChI is InChI=1S/C17H17BrN2O3S/c1-11(14-4-2-3-5-15(14)18)20-24(22,23)13-7-8-16-12(10-13)6-9-17(21)19-16/h2-5,7-8,10-11,20H,6,9H2,1H3,(H,19,21)/t11-/m0/s1. The van der Waals surface area contributed by atoms with Crippen molar-refractivity contribution in [2.24, 2.45) is 0 Å². The van der Waals surface area contributed by atoms with E-state index in [2.05, 4.69) is 26.0 Å². The van der Waals surface area contributed by atoms with Gasteiger partial charge in [0.2, 0.25) is 15.9 Å². The van der Waals surface area contributed by atoms with Crippen molar-refractivity contribution in [2.45, 2.75) is 30.7 Å². The number of rotatable bonds is 4. The third kappa shape index (κ3) is 3.53. The smallest absolute Gasteiger partial charge is 0.241 e. The lowest BCUT2D eigenvalue weighted by atomic mass is 10.0. The quantitative estimate of drug-likeness (QED) is 0.813. The molecule has 5 nitrogen and oxygen atoms in total. The van der Waals surface area contributed by atoms with Gasteiger partial charge < -0.3 is 5.32 Å². The van der Waals surface area contributed by atoms with Crippen LogP contribution in [0.3, 0.4) is 0 Å². The molecule has 0 radical (unpaired) electrons. The molecule has 0 spiro atoms. The minimum Gasteiger partial charge on any atom is -0.326 e. The fourth-order valence-corrected chi connectivity index (χ4v) is 4.62. The molecule has 3 rings (SSSR count). The molecule has 1 aliphatic rings. The summed E-state index contributed by atoms with van der Waals surface area (Å²) in [5.41, 5.74) is 2.39. The van der Waals surface area contributed by atoms with E-state index in [1.165, 1.54) is 6.07 Å². The highest BCUT2D eigenvalue weighted by atomic mass is 79.9. The Morgan fingerprint density at radius 1 is 1.17 bits per heavy atom. The van der Waals surface area contributed by atoms with Gasteiger partial charge in [0, 0.05) is 22.6 Å². The molecule has 0 aromatic heterocycles. The van der Waals surface area contributed by atoms with Crippen LogP contribution in [0.5, 0.6) is 0 Å². The Kier molecular flexibility index (Phi) is 4.76. The number of benzene rings is 2. The average molecular weight is 409 g/mol. The molecule has 2 aromatic carbocycles. The largest absolute Gasteiger partial charge is 0.326 e. The van der Waals surface area contributed by atoms with Crippen molar-refractivity contribution >= 4 is 37.5 Å². The van der Waals surface area contributed by atoms with Crippen molar-refractivity contribution in [1.82, 2.24) is 4.72 Å². The maximum absolute atomic E-state index is 12.7. The fraction of sp³-hybridized carbons (Fsp3) is 0.235. The minimum atomic E-state index is -3.65. The van der Waals surface area contributed by atoms with E-state index in [-0.39, 0.29) is 16.8 Å². The van der Waals surface area contributed by atoms with Gasteiger partial charge in [0.15, 0.2) is 0 Å². The van der Waals surface area contributed by atoms with Crippen LogP contribution in [0.25, 0.3) is 0 Å². The van der Waals surface area contributed by atoms with Gasteiger partial charge in [-0.2, -0.15) is 0 Å². The van der Waals surface area contributed by atoms with Crippen molar-refractivity contribution in [1.29, 1.82) is 0 Å². The van der Waals surface area contributed by atoms with Crippen LogP contribution in [0.1, 0.15) is 30.5 Å². The summed E-state index contributed by atoms with van der Waals surface area (Å²) in [4.78, 5) is 11.6. The van der Waals surface area contributed by atoms with E-state index in [1.807, 2.05) is 24.3 Å². The Morgan fingerprint density at radius 3 is 2.67 bits per heavy atom. The number of carbonyl (C=O) groups is 1. The number of nitrogens with one attached hydrogen (secondary N) is 2. The average Bonchev–Trinajstić information content (AvgIpc) is 2.54. The lowest BCUT2D eigenvalue weighted by molar-refractivity contribution is -0.116. The zero-order chi connectivity index (χ0) is 17.3. The SMILES string of the molecule is C[C@H](NS(=O)(=O)c1ccc2c(c1)CCC(=O)N2)c1ccccc1Br. The predicted octanol–water partition coefficient (Wildman–Crippen LogP) is 3.37. The van der Waals surface area contributed by atoms with Gasteiger partial charge >= 0.3 is 0 Å². The van der Waals surface area contributed by atoms with Crippen molar-refractivity contribution < 1.29 is 13.2 Å². The van der Waals surface area contributed by atoms with E-state index in [1.54, 1.807) is 19.1 Å². The van der Waals surface area contributed by atoms with Crippen LogP contribution in [0.15, 0.2) is 51.8 Å². The molecule has 1 heterocycles. The maximum Gasteiger partial charge on any atom is 0.241 e. The van der Waals surface area contributed by atoms with Crippen molar-refractivity contribution in [3.63, 3.8) is 0 Å². The van der Waals surface area contributed by atoms with Crippen molar-refractivity contribution in [2.75, 3.05) is 5.32 Å². The second kappa shape index (κ2) is 6.66. The van der Waals surface area contributed by atoms with Crippen LogP contribution >= 0.6 is 15.9 Å². The Morgan fingerprint density at radius 2 is 1.92 bits per heavy atom. The van der Waals surface area contributed by atoms with Gasteiger partial charge in [-0.3, -0.25) is 4.79 Å². The first-order chi connectivity index (χ1) is 11.4. The Labute approximate surface area is 149 Å². The molecule has 126 valence electrons. The second-order valence-electron chi connectivity index (χ2n) is 5.73. The van der Waals surface area contributed by atoms with Crippen LogP contribution in [0.2, 0.25) is 0 Å². The number of aryl methyl sites for hydroxylation is 1. The number of sulfonamides is 1. The molecule has 0 aliphatic carbocycles. The van der Waals surface area contributed by atoms with E-state index in [0.29, 0.717) is 18.5 Å². The third-order valence-corrected chi connectivity index (χ3v) is 6.25. The van der Waals surface area contributed by atoms with Gasteiger partial charge in [-0.25, -0.2) is 13.1 Å². The molecule has 24 heavy (non-hydrogen) atoms. The minimum absolute atomic E-state index is 0.0428. The van der Waals surface area contributed by atoms with Gasteiger partial charge in [0.1, 0.15) is 0 Å². The number of hydrogen-bond donors (Lipinski definition) is 2. The van der Waals surface area contributed by atoms with Gasteiger partial charge in [-0.15, -0.1) is 0 Å². The summed E-state index contributed by atoms with van der Waals surface area (Å²) < 4.78 is 28.9. The molecular weight excluding hydrogens is 392 g/mol. The Bertz CT molecular complexity index is 896. The molecule has 0 fully saturated rings.